The van der Waals surface area contributed by atoms with Crippen molar-refractivity contribution in [2.75, 3.05) is 32.8 Å². The van der Waals surface area contributed by atoms with Crippen LogP contribution in [0.25, 0.3) is 11.3 Å². The van der Waals surface area contributed by atoms with E-state index in [4.69, 9.17) is 9.15 Å². The number of hydrogen-bond acceptors (Lipinski definition) is 4. The van der Waals surface area contributed by atoms with Crippen molar-refractivity contribution in [1.29, 1.82) is 0 Å². The molecule has 1 aromatic carbocycles. The standard InChI is InChI=1S/C20H25FN2O3/c1-14(2)12-23-9-10-25-15(13-23)11-22-20(24)19-8-7-18(26-19)16-5-3-4-6-17(16)21/h3-8,14-15H,9-13H2,1-2H3,(H,22,24). The SMILES string of the molecule is CC(C)CN1CCOC(CNC(=O)c2ccc(-c3ccccc3F)o2)C1. The van der Waals surface area contributed by atoms with Crippen molar-refractivity contribution >= 4 is 5.91 Å². The van der Waals surface area contributed by atoms with Crippen molar-refractivity contribution in [3.8, 4) is 11.3 Å². The highest BCUT2D eigenvalue weighted by Gasteiger charge is 2.22. The number of ether oxygens (including phenoxy) is 1. The molecule has 0 spiro atoms. The smallest absolute Gasteiger partial charge is 0.287 e. The highest BCUT2D eigenvalue weighted by molar-refractivity contribution is 5.92. The van der Waals surface area contributed by atoms with Crippen molar-refractivity contribution < 1.29 is 18.3 Å². The third-order valence-corrected chi connectivity index (χ3v) is 4.31. The number of amides is 1. The zero-order chi connectivity index (χ0) is 18.5. The molecule has 3 rings (SSSR count). The van der Waals surface area contributed by atoms with E-state index in [1.54, 1.807) is 30.3 Å². The van der Waals surface area contributed by atoms with E-state index in [1.807, 2.05) is 0 Å². The maximum atomic E-state index is 13.8. The molecule has 0 bridgehead atoms. The molecule has 1 fully saturated rings. The molecule has 1 aliphatic rings. The Balaban J connectivity index is 1.55. The number of carbonyl (C=O) groups excluding carboxylic acids is 1. The van der Waals surface area contributed by atoms with Crippen LogP contribution in [-0.2, 0) is 4.74 Å². The van der Waals surface area contributed by atoms with Crippen molar-refractivity contribution in [3.05, 3.63) is 48.0 Å². The topological polar surface area (TPSA) is 54.7 Å². The number of rotatable bonds is 6. The number of nitrogens with zero attached hydrogens (tertiary/aromatic N) is 1. The summed E-state index contributed by atoms with van der Waals surface area (Å²) >= 11 is 0. The zero-order valence-corrected chi connectivity index (χ0v) is 15.2. The molecule has 1 aromatic heterocycles. The predicted molar refractivity (Wildman–Crippen MR) is 97.5 cm³/mol. The molecule has 0 saturated carbocycles. The largest absolute Gasteiger partial charge is 0.451 e. The molecule has 1 aliphatic heterocycles. The van der Waals surface area contributed by atoms with Crippen LogP contribution < -0.4 is 5.32 Å². The first-order chi connectivity index (χ1) is 12.5. The van der Waals surface area contributed by atoms with E-state index in [0.29, 0.717) is 30.4 Å². The Morgan fingerprint density at radius 3 is 2.88 bits per heavy atom. The summed E-state index contributed by atoms with van der Waals surface area (Å²) < 4.78 is 25.1. The first kappa shape index (κ1) is 18.6. The monoisotopic (exact) mass is 360 g/mol. The minimum Gasteiger partial charge on any atom is -0.451 e. The molecule has 140 valence electrons. The summed E-state index contributed by atoms with van der Waals surface area (Å²) in [7, 11) is 0. The minimum atomic E-state index is -0.380. The minimum absolute atomic E-state index is 0.0348. The summed E-state index contributed by atoms with van der Waals surface area (Å²) in [5.74, 6) is 0.401. The van der Waals surface area contributed by atoms with E-state index in [9.17, 15) is 9.18 Å². The van der Waals surface area contributed by atoms with E-state index < -0.39 is 0 Å². The van der Waals surface area contributed by atoms with Crippen LogP contribution in [-0.4, -0.2) is 49.7 Å². The average molecular weight is 360 g/mol. The molecule has 1 saturated heterocycles. The lowest BCUT2D eigenvalue weighted by molar-refractivity contribution is -0.0296. The van der Waals surface area contributed by atoms with Gasteiger partial charge in [-0.3, -0.25) is 9.69 Å². The van der Waals surface area contributed by atoms with Crippen molar-refractivity contribution in [2.45, 2.75) is 20.0 Å². The van der Waals surface area contributed by atoms with E-state index in [1.165, 1.54) is 6.07 Å². The van der Waals surface area contributed by atoms with Gasteiger partial charge in [-0.1, -0.05) is 26.0 Å². The van der Waals surface area contributed by atoms with Gasteiger partial charge >= 0.3 is 0 Å². The van der Waals surface area contributed by atoms with Crippen molar-refractivity contribution in [3.63, 3.8) is 0 Å². The second-order valence-corrected chi connectivity index (χ2v) is 7.00. The lowest BCUT2D eigenvalue weighted by Crippen LogP contribution is -2.48. The summed E-state index contributed by atoms with van der Waals surface area (Å²) in [5, 5.41) is 2.84. The first-order valence-corrected chi connectivity index (χ1v) is 9.00. The van der Waals surface area contributed by atoms with Gasteiger partial charge in [0.15, 0.2) is 5.76 Å². The van der Waals surface area contributed by atoms with Gasteiger partial charge in [-0.2, -0.15) is 0 Å². The average Bonchev–Trinajstić information content (AvgIpc) is 3.10. The molecule has 26 heavy (non-hydrogen) atoms. The van der Waals surface area contributed by atoms with Crippen molar-refractivity contribution in [1.82, 2.24) is 10.2 Å². The van der Waals surface area contributed by atoms with Gasteiger partial charge in [0.2, 0.25) is 0 Å². The molecule has 1 atom stereocenters. The summed E-state index contributed by atoms with van der Waals surface area (Å²) in [6.45, 7) is 8.23. The number of carbonyl (C=O) groups is 1. The molecular formula is C20H25FN2O3. The maximum Gasteiger partial charge on any atom is 0.287 e. The number of morpholine rings is 1. The third-order valence-electron chi connectivity index (χ3n) is 4.31. The molecule has 0 aliphatic carbocycles. The molecule has 2 heterocycles. The lowest BCUT2D eigenvalue weighted by Gasteiger charge is -2.33. The van der Waals surface area contributed by atoms with Gasteiger partial charge in [0.25, 0.3) is 5.91 Å². The summed E-state index contributed by atoms with van der Waals surface area (Å²) in [4.78, 5) is 14.7. The lowest BCUT2D eigenvalue weighted by atomic mass is 10.1. The van der Waals surface area contributed by atoms with Crippen LogP contribution in [0, 0.1) is 11.7 Å². The second kappa shape index (κ2) is 8.47. The van der Waals surface area contributed by atoms with Crippen LogP contribution in [0.4, 0.5) is 4.39 Å². The maximum absolute atomic E-state index is 13.8. The van der Waals surface area contributed by atoms with Gasteiger partial charge in [0, 0.05) is 26.2 Å². The van der Waals surface area contributed by atoms with E-state index in [0.717, 1.165) is 19.6 Å². The Kier molecular flexibility index (Phi) is 6.06. The Labute approximate surface area is 153 Å². The summed E-state index contributed by atoms with van der Waals surface area (Å²) in [5.41, 5.74) is 0.339. The number of hydrogen-bond donors (Lipinski definition) is 1. The first-order valence-electron chi connectivity index (χ1n) is 9.00. The highest BCUT2D eigenvalue weighted by Crippen LogP contribution is 2.24. The Morgan fingerprint density at radius 1 is 1.31 bits per heavy atom. The molecule has 1 N–H and O–H groups in total. The fourth-order valence-electron chi connectivity index (χ4n) is 3.15. The summed E-state index contributed by atoms with van der Waals surface area (Å²) in [6, 6.07) is 9.49. The number of halogens is 1. The highest BCUT2D eigenvalue weighted by atomic mass is 19.1. The number of benzene rings is 1. The van der Waals surface area contributed by atoms with E-state index in [2.05, 4.69) is 24.1 Å². The molecule has 1 amide bonds. The van der Waals surface area contributed by atoms with Crippen LogP contribution >= 0.6 is 0 Å². The van der Waals surface area contributed by atoms with Gasteiger partial charge in [-0.15, -0.1) is 0 Å². The normalized spacial score (nSPS) is 18.2. The van der Waals surface area contributed by atoms with Crippen LogP contribution in [0.2, 0.25) is 0 Å². The summed E-state index contributed by atoms with van der Waals surface area (Å²) in [6.07, 6.45) is -0.0348. The van der Waals surface area contributed by atoms with Crippen LogP contribution in [0.5, 0.6) is 0 Å². The number of furan rings is 1. The van der Waals surface area contributed by atoms with Gasteiger partial charge < -0.3 is 14.5 Å². The van der Waals surface area contributed by atoms with Crippen LogP contribution in [0.15, 0.2) is 40.8 Å². The zero-order valence-electron chi connectivity index (χ0n) is 15.2. The van der Waals surface area contributed by atoms with Crippen molar-refractivity contribution in [2.24, 2.45) is 5.92 Å². The Hall–Kier alpha value is -2.18. The fraction of sp³-hybridized carbons (Fsp3) is 0.450. The molecule has 0 radical (unpaired) electrons. The second-order valence-electron chi connectivity index (χ2n) is 7.00. The van der Waals surface area contributed by atoms with Crippen LogP contribution in [0.3, 0.4) is 0 Å². The van der Waals surface area contributed by atoms with Crippen LogP contribution in [0.1, 0.15) is 24.4 Å². The Morgan fingerprint density at radius 2 is 2.12 bits per heavy atom. The van der Waals surface area contributed by atoms with E-state index in [-0.39, 0.29) is 23.6 Å². The molecule has 1 unspecified atom stereocenters. The fourth-order valence-corrected chi connectivity index (χ4v) is 3.15. The predicted octanol–water partition coefficient (Wildman–Crippen LogP) is 3.17. The van der Waals surface area contributed by atoms with Gasteiger partial charge in [0.1, 0.15) is 11.6 Å². The van der Waals surface area contributed by atoms with Gasteiger partial charge in [0.05, 0.1) is 18.3 Å². The third kappa shape index (κ3) is 4.71. The van der Waals surface area contributed by atoms with E-state index >= 15 is 0 Å². The van der Waals surface area contributed by atoms with Gasteiger partial charge in [-0.25, -0.2) is 4.39 Å². The molecule has 2 aromatic rings. The molecule has 5 nitrogen and oxygen atoms in total. The quantitative estimate of drug-likeness (QED) is 0.860. The molecule has 6 heteroatoms. The van der Waals surface area contributed by atoms with Gasteiger partial charge in [-0.05, 0) is 30.2 Å². The Bertz CT molecular complexity index is 744. The molecular weight excluding hydrogens is 335 g/mol. The number of nitrogens with one attached hydrogen (secondary N) is 1.